The molecule has 0 heterocycles. The number of hydrogen-bond donors (Lipinski definition) is 1. The normalized spacial score (nSPS) is 9.13. The van der Waals surface area contributed by atoms with Gasteiger partial charge >= 0.3 is 0 Å². The van der Waals surface area contributed by atoms with Crippen molar-refractivity contribution in [2.75, 3.05) is 0 Å². The van der Waals surface area contributed by atoms with E-state index in [9.17, 15) is 14.7 Å². The number of nitrogens with zero attached hydrogens (tertiary/aromatic N) is 1. The molecule has 0 amide bonds. The molecule has 0 spiro atoms. The maximum absolute atomic E-state index is 11.5. The molecule has 1 N–H and O–H groups in total. The number of ketones is 1. The summed E-state index contributed by atoms with van der Waals surface area (Å²) in [6.07, 6.45) is 1.36. The van der Waals surface area contributed by atoms with Gasteiger partial charge in [0.25, 0.3) is 0 Å². The largest absolute Gasteiger partial charge is 0.507 e. The zero-order valence-electron chi connectivity index (χ0n) is 8.15. The fourth-order valence-corrected chi connectivity index (χ4v) is 1.06. The lowest BCUT2D eigenvalue weighted by molar-refractivity contribution is 0.103. The average molecular weight is 203 g/mol. The van der Waals surface area contributed by atoms with Crippen LogP contribution in [0, 0.1) is 0 Å². The molecule has 0 bridgehead atoms. The number of phenols is 1. The highest BCUT2D eigenvalue weighted by atomic mass is 16.3. The molecule has 1 aromatic rings. The molecule has 0 aliphatic rings. The Bertz CT molecular complexity index is 471. The summed E-state index contributed by atoms with van der Waals surface area (Å²) in [5.41, 5.74) is 0.656. The molecule has 0 radical (unpaired) electrons. The fraction of sp³-hybridized carbons (Fsp3) is 0.0909. The number of carbonyl (C=O) groups excluding carboxylic acids is 2. The highest BCUT2D eigenvalue weighted by molar-refractivity contribution is 6.10. The molecule has 0 saturated carbocycles. The van der Waals surface area contributed by atoms with Crippen molar-refractivity contribution in [2.24, 2.45) is 4.99 Å². The number of aromatic hydroxyl groups is 1. The lowest BCUT2D eigenvalue weighted by atomic mass is 10.0. The second-order valence-corrected chi connectivity index (χ2v) is 3.01. The highest BCUT2D eigenvalue weighted by Crippen LogP contribution is 2.24. The van der Waals surface area contributed by atoms with E-state index in [0.29, 0.717) is 5.57 Å². The molecule has 0 aromatic heterocycles. The third-order valence-electron chi connectivity index (χ3n) is 1.79. The Morgan fingerprint density at radius 2 is 2.20 bits per heavy atom. The number of hydrogen-bond acceptors (Lipinski definition) is 4. The molecule has 0 fully saturated rings. The van der Waals surface area contributed by atoms with Crippen molar-refractivity contribution < 1.29 is 14.7 Å². The maximum atomic E-state index is 11.5. The first-order chi connectivity index (χ1) is 7.06. The van der Waals surface area contributed by atoms with Crippen LogP contribution in [-0.4, -0.2) is 17.0 Å². The topological polar surface area (TPSA) is 66.7 Å². The van der Waals surface area contributed by atoms with Gasteiger partial charge in [-0.05, 0) is 30.7 Å². The molecule has 1 rings (SSSR count). The predicted octanol–water partition coefficient (Wildman–Crippen LogP) is 2.12. The van der Waals surface area contributed by atoms with Crippen LogP contribution in [0.25, 0.3) is 0 Å². The predicted molar refractivity (Wildman–Crippen MR) is 55.0 cm³/mol. The Hall–Kier alpha value is -2.19. The van der Waals surface area contributed by atoms with Gasteiger partial charge in [-0.25, -0.2) is 4.79 Å². The average Bonchev–Trinajstić information content (AvgIpc) is 2.20. The van der Waals surface area contributed by atoms with E-state index in [2.05, 4.69) is 11.6 Å². The van der Waals surface area contributed by atoms with Crippen molar-refractivity contribution >= 4 is 17.6 Å². The van der Waals surface area contributed by atoms with Gasteiger partial charge in [-0.15, -0.1) is 0 Å². The number of carbonyl (C=O) groups is 1. The van der Waals surface area contributed by atoms with Gasteiger partial charge in [0.1, 0.15) is 5.75 Å². The zero-order chi connectivity index (χ0) is 11.4. The third kappa shape index (κ3) is 2.39. The summed E-state index contributed by atoms with van der Waals surface area (Å²) in [5.74, 6) is -0.539. The van der Waals surface area contributed by atoms with Crippen molar-refractivity contribution in [1.82, 2.24) is 0 Å². The Morgan fingerprint density at radius 3 is 2.73 bits per heavy atom. The molecule has 1 aromatic carbocycles. The van der Waals surface area contributed by atoms with Crippen LogP contribution >= 0.6 is 0 Å². The number of Topliss-reactive ketones (excluding diaryl/α,β-unsaturated/α-hetero) is 1. The van der Waals surface area contributed by atoms with E-state index in [0.717, 1.165) is 0 Å². The molecule has 4 heteroatoms. The highest BCUT2D eigenvalue weighted by Gasteiger charge is 2.12. The van der Waals surface area contributed by atoms with Gasteiger partial charge < -0.3 is 5.11 Å². The summed E-state index contributed by atoms with van der Waals surface area (Å²) in [5, 5.41) is 9.42. The van der Waals surface area contributed by atoms with Crippen LogP contribution in [0.15, 0.2) is 35.3 Å². The van der Waals surface area contributed by atoms with E-state index in [1.807, 2.05) is 0 Å². The van der Waals surface area contributed by atoms with Crippen molar-refractivity contribution in [3.05, 3.63) is 35.9 Å². The molecule has 15 heavy (non-hydrogen) atoms. The smallest absolute Gasteiger partial charge is 0.240 e. The molecular formula is C11H9NO3. The van der Waals surface area contributed by atoms with Crippen LogP contribution in [0.3, 0.4) is 0 Å². The monoisotopic (exact) mass is 203 g/mol. The number of rotatable bonds is 3. The van der Waals surface area contributed by atoms with Crippen LogP contribution in [0.1, 0.15) is 17.3 Å². The van der Waals surface area contributed by atoms with Gasteiger partial charge in [-0.3, -0.25) is 4.79 Å². The number of allylic oxidation sites excluding steroid dienone is 1. The molecule has 0 aliphatic heterocycles. The lowest BCUT2D eigenvalue weighted by Gasteiger charge is -2.03. The quantitative estimate of drug-likeness (QED) is 0.354. The molecule has 0 aliphatic carbocycles. The summed E-state index contributed by atoms with van der Waals surface area (Å²) in [6, 6.07) is 4.03. The maximum Gasteiger partial charge on any atom is 0.240 e. The minimum atomic E-state index is -0.379. The molecule has 0 unspecified atom stereocenters. The van der Waals surface area contributed by atoms with Crippen molar-refractivity contribution in [3.8, 4) is 5.75 Å². The standard InChI is InChI=1S/C11H9NO3/c1-7(2)11(15)9-5-8(12-6-13)3-4-10(9)14/h3-5,14H,1H2,2H3. The Balaban J connectivity index is 3.27. The van der Waals surface area contributed by atoms with E-state index >= 15 is 0 Å². The van der Waals surface area contributed by atoms with E-state index < -0.39 is 0 Å². The third-order valence-corrected chi connectivity index (χ3v) is 1.79. The number of aliphatic imine (C=N–C) groups is 1. The summed E-state index contributed by atoms with van der Waals surface area (Å²) >= 11 is 0. The van der Waals surface area contributed by atoms with Gasteiger partial charge in [0.2, 0.25) is 6.08 Å². The molecule has 0 saturated heterocycles. The lowest BCUT2D eigenvalue weighted by Crippen LogP contribution is -1.99. The minimum Gasteiger partial charge on any atom is -0.507 e. The second-order valence-electron chi connectivity index (χ2n) is 3.01. The van der Waals surface area contributed by atoms with Gasteiger partial charge in [0, 0.05) is 0 Å². The summed E-state index contributed by atoms with van der Waals surface area (Å²) in [4.78, 5) is 24.9. The number of phenolic OH excluding ortho intramolecular Hbond substituents is 1. The van der Waals surface area contributed by atoms with Gasteiger partial charge in [-0.1, -0.05) is 6.58 Å². The van der Waals surface area contributed by atoms with Crippen LogP contribution in [0.4, 0.5) is 5.69 Å². The Labute approximate surface area is 86.6 Å². The Kier molecular flexibility index (Phi) is 3.16. The van der Waals surface area contributed by atoms with Crippen LogP contribution in [0.5, 0.6) is 5.75 Å². The molecule has 4 nitrogen and oxygen atoms in total. The summed E-state index contributed by atoms with van der Waals surface area (Å²) in [7, 11) is 0. The first kappa shape index (κ1) is 10.9. The van der Waals surface area contributed by atoms with E-state index in [-0.39, 0.29) is 22.8 Å². The van der Waals surface area contributed by atoms with E-state index in [4.69, 9.17) is 0 Å². The number of isocyanates is 1. The first-order valence-corrected chi connectivity index (χ1v) is 4.17. The van der Waals surface area contributed by atoms with E-state index in [1.165, 1.54) is 31.2 Å². The van der Waals surface area contributed by atoms with Crippen molar-refractivity contribution in [3.63, 3.8) is 0 Å². The zero-order valence-corrected chi connectivity index (χ0v) is 8.15. The SMILES string of the molecule is C=C(C)C(=O)c1cc(N=C=O)ccc1O. The molecule has 0 atom stereocenters. The molecule has 76 valence electrons. The molecular weight excluding hydrogens is 194 g/mol. The van der Waals surface area contributed by atoms with E-state index in [1.54, 1.807) is 0 Å². The second kappa shape index (κ2) is 4.35. The first-order valence-electron chi connectivity index (χ1n) is 4.17. The van der Waals surface area contributed by atoms with Gasteiger partial charge in [0.05, 0.1) is 11.3 Å². The van der Waals surface area contributed by atoms with Crippen molar-refractivity contribution in [1.29, 1.82) is 0 Å². The fourth-order valence-electron chi connectivity index (χ4n) is 1.06. The van der Waals surface area contributed by atoms with Crippen molar-refractivity contribution in [2.45, 2.75) is 6.92 Å². The summed E-state index contributed by atoms with van der Waals surface area (Å²) < 4.78 is 0. The van der Waals surface area contributed by atoms with Crippen LogP contribution in [0.2, 0.25) is 0 Å². The number of benzene rings is 1. The van der Waals surface area contributed by atoms with Gasteiger partial charge in [-0.2, -0.15) is 4.99 Å². The van der Waals surface area contributed by atoms with Crippen LogP contribution in [-0.2, 0) is 4.79 Å². The Morgan fingerprint density at radius 1 is 1.53 bits per heavy atom. The minimum absolute atomic E-state index is 0.0824. The summed E-state index contributed by atoms with van der Waals surface area (Å²) in [6.45, 7) is 5.02. The van der Waals surface area contributed by atoms with Gasteiger partial charge in [0.15, 0.2) is 5.78 Å². The van der Waals surface area contributed by atoms with Crippen LogP contribution < -0.4 is 0 Å².